The largest absolute Gasteiger partial charge is 0.394 e. The first-order valence-corrected chi connectivity index (χ1v) is 8.03. The van der Waals surface area contributed by atoms with Crippen molar-refractivity contribution in [2.45, 2.75) is 23.9 Å². The van der Waals surface area contributed by atoms with Crippen LogP contribution in [0.25, 0.3) is 0 Å². The first-order chi connectivity index (χ1) is 9.74. The Hall–Kier alpha value is -1.29. The number of rotatable bonds is 6. The lowest BCUT2D eigenvalue weighted by Gasteiger charge is -2.22. The monoisotopic (exact) mass is 287 g/mol. The van der Waals surface area contributed by atoms with Crippen molar-refractivity contribution in [2.24, 2.45) is 0 Å². The first kappa shape index (κ1) is 15.1. The van der Waals surface area contributed by atoms with Gasteiger partial charge in [0.1, 0.15) is 0 Å². The van der Waals surface area contributed by atoms with E-state index in [1.807, 2.05) is 30.3 Å². The molecule has 2 aromatic rings. The topological polar surface area (TPSA) is 32.3 Å². The van der Waals surface area contributed by atoms with E-state index in [0.29, 0.717) is 0 Å². The van der Waals surface area contributed by atoms with Crippen LogP contribution in [0.3, 0.4) is 0 Å². The molecule has 2 nitrogen and oxygen atoms in total. The summed E-state index contributed by atoms with van der Waals surface area (Å²) in [6, 6.07) is 18.8. The summed E-state index contributed by atoms with van der Waals surface area (Å²) < 4.78 is 0. The molecule has 2 atom stereocenters. The number of thioether (sulfide) groups is 1. The Bertz CT molecular complexity index is 512. The molecule has 0 radical (unpaired) electrons. The molecule has 20 heavy (non-hydrogen) atoms. The van der Waals surface area contributed by atoms with Gasteiger partial charge in [0.15, 0.2) is 0 Å². The quantitative estimate of drug-likeness (QED) is 0.793. The van der Waals surface area contributed by atoms with E-state index in [0.717, 1.165) is 5.56 Å². The second kappa shape index (κ2) is 7.48. The molecule has 0 bridgehead atoms. The van der Waals surface area contributed by atoms with Gasteiger partial charge in [0.25, 0.3) is 0 Å². The van der Waals surface area contributed by atoms with Crippen molar-refractivity contribution in [2.75, 3.05) is 12.9 Å². The van der Waals surface area contributed by atoms with Crippen LogP contribution in [0.1, 0.15) is 30.1 Å². The maximum atomic E-state index is 9.59. The molecular formula is C17H21NOS. The van der Waals surface area contributed by atoms with E-state index >= 15 is 0 Å². The second-order valence-corrected chi connectivity index (χ2v) is 5.69. The minimum Gasteiger partial charge on any atom is -0.394 e. The molecular weight excluding hydrogens is 266 g/mol. The van der Waals surface area contributed by atoms with Crippen molar-refractivity contribution in [3.63, 3.8) is 0 Å². The Kier molecular flexibility index (Phi) is 5.65. The molecule has 0 spiro atoms. The molecule has 2 N–H and O–H groups in total. The molecule has 2 aromatic carbocycles. The highest BCUT2D eigenvalue weighted by atomic mass is 32.2. The van der Waals surface area contributed by atoms with Crippen molar-refractivity contribution < 1.29 is 5.11 Å². The van der Waals surface area contributed by atoms with Gasteiger partial charge < -0.3 is 10.4 Å². The van der Waals surface area contributed by atoms with Crippen LogP contribution in [0.4, 0.5) is 0 Å². The van der Waals surface area contributed by atoms with Crippen molar-refractivity contribution in [1.82, 2.24) is 5.32 Å². The number of aliphatic hydroxyl groups excluding tert-OH is 1. The van der Waals surface area contributed by atoms with Crippen LogP contribution in [0.2, 0.25) is 0 Å². The van der Waals surface area contributed by atoms with Crippen LogP contribution in [-0.4, -0.2) is 18.0 Å². The standard InChI is InChI=1S/C17H21NOS/c1-13(14-8-10-16(20-2)11-9-14)18-17(12-19)15-6-4-3-5-7-15/h3-11,13,17-19H,12H2,1-2H3/t13?,17-/m1/s1. The lowest BCUT2D eigenvalue weighted by atomic mass is 10.0. The molecule has 0 heterocycles. The van der Waals surface area contributed by atoms with Gasteiger partial charge in [-0.2, -0.15) is 0 Å². The molecule has 0 aliphatic rings. The molecule has 2 rings (SSSR count). The van der Waals surface area contributed by atoms with Crippen LogP contribution in [0.15, 0.2) is 59.5 Å². The third-order valence-corrected chi connectivity index (χ3v) is 4.20. The minimum atomic E-state index is -0.0357. The summed E-state index contributed by atoms with van der Waals surface area (Å²) in [6.07, 6.45) is 2.08. The highest BCUT2D eigenvalue weighted by molar-refractivity contribution is 7.98. The molecule has 0 aliphatic heterocycles. The normalized spacial score (nSPS) is 13.9. The summed E-state index contributed by atoms with van der Waals surface area (Å²) in [4.78, 5) is 1.27. The molecule has 106 valence electrons. The van der Waals surface area contributed by atoms with E-state index < -0.39 is 0 Å². The fourth-order valence-electron chi connectivity index (χ4n) is 2.23. The number of nitrogens with one attached hydrogen (secondary N) is 1. The fourth-order valence-corrected chi connectivity index (χ4v) is 2.64. The van der Waals surface area contributed by atoms with Crippen LogP contribution in [-0.2, 0) is 0 Å². The zero-order valence-electron chi connectivity index (χ0n) is 11.9. The molecule has 0 fully saturated rings. The summed E-state index contributed by atoms with van der Waals surface area (Å²) in [6.45, 7) is 2.22. The van der Waals surface area contributed by atoms with Gasteiger partial charge >= 0.3 is 0 Å². The van der Waals surface area contributed by atoms with E-state index in [9.17, 15) is 5.11 Å². The van der Waals surface area contributed by atoms with E-state index in [1.54, 1.807) is 11.8 Å². The van der Waals surface area contributed by atoms with E-state index in [1.165, 1.54) is 10.5 Å². The third-order valence-electron chi connectivity index (χ3n) is 3.45. The van der Waals surface area contributed by atoms with Gasteiger partial charge in [-0.15, -0.1) is 11.8 Å². The SMILES string of the molecule is CSc1ccc(C(C)N[C@H](CO)c2ccccc2)cc1. The van der Waals surface area contributed by atoms with Gasteiger partial charge in [-0.05, 0) is 36.4 Å². The van der Waals surface area contributed by atoms with E-state index in [2.05, 4.69) is 42.8 Å². The molecule has 3 heteroatoms. The predicted octanol–water partition coefficient (Wildman–Crippen LogP) is 3.79. The third kappa shape index (κ3) is 3.85. The molecule has 0 saturated heterocycles. The second-order valence-electron chi connectivity index (χ2n) is 4.81. The first-order valence-electron chi connectivity index (χ1n) is 6.80. The van der Waals surface area contributed by atoms with Crippen molar-refractivity contribution in [3.05, 3.63) is 65.7 Å². The van der Waals surface area contributed by atoms with E-state index in [4.69, 9.17) is 0 Å². The summed E-state index contributed by atoms with van der Waals surface area (Å²) in [5.74, 6) is 0. The zero-order chi connectivity index (χ0) is 14.4. The van der Waals surface area contributed by atoms with Crippen LogP contribution < -0.4 is 5.32 Å². The Balaban J connectivity index is 2.06. The summed E-state index contributed by atoms with van der Waals surface area (Å²) in [5, 5.41) is 13.1. The highest BCUT2D eigenvalue weighted by Crippen LogP contribution is 2.22. The molecule has 1 unspecified atom stereocenters. The Morgan fingerprint density at radius 3 is 2.20 bits per heavy atom. The number of benzene rings is 2. The Morgan fingerprint density at radius 2 is 1.65 bits per heavy atom. The molecule has 0 saturated carbocycles. The lowest BCUT2D eigenvalue weighted by molar-refractivity contribution is 0.235. The Labute approximate surface area is 125 Å². The summed E-state index contributed by atoms with van der Waals surface area (Å²) in [5.41, 5.74) is 2.35. The summed E-state index contributed by atoms with van der Waals surface area (Å²) >= 11 is 1.74. The minimum absolute atomic E-state index is 0.0357. The fraction of sp³-hybridized carbons (Fsp3) is 0.294. The average molecular weight is 287 g/mol. The predicted molar refractivity (Wildman–Crippen MR) is 86.0 cm³/mol. The lowest BCUT2D eigenvalue weighted by Crippen LogP contribution is -2.27. The van der Waals surface area contributed by atoms with Gasteiger partial charge in [0.05, 0.1) is 12.6 Å². The zero-order valence-corrected chi connectivity index (χ0v) is 12.7. The van der Waals surface area contributed by atoms with Gasteiger partial charge in [0, 0.05) is 10.9 Å². The number of hydrogen-bond donors (Lipinski definition) is 2. The Morgan fingerprint density at radius 1 is 1.00 bits per heavy atom. The van der Waals surface area contributed by atoms with Crippen LogP contribution >= 0.6 is 11.8 Å². The van der Waals surface area contributed by atoms with Crippen molar-refractivity contribution >= 4 is 11.8 Å². The molecule has 0 amide bonds. The maximum Gasteiger partial charge on any atom is 0.0626 e. The van der Waals surface area contributed by atoms with Crippen LogP contribution in [0.5, 0.6) is 0 Å². The van der Waals surface area contributed by atoms with E-state index in [-0.39, 0.29) is 18.7 Å². The van der Waals surface area contributed by atoms with Gasteiger partial charge in [-0.3, -0.25) is 0 Å². The van der Waals surface area contributed by atoms with Crippen molar-refractivity contribution in [1.29, 1.82) is 0 Å². The highest BCUT2D eigenvalue weighted by Gasteiger charge is 2.14. The number of hydrogen-bond acceptors (Lipinski definition) is 3. The van der Waals surface area contributed by atoms with Crippen molar-refractivity contribution in [3.8, 4) is 0 Å². The van der Waals surface area contributed by atoms with Crippen LogP contribution in [0, 0.1) is 0 Å². The average Bonchev–Trinajstić information content (AvgIpc) is 2.53. The molecule has 0 aromatic heterocycles. The maximum absolute atomic E-state index is 9.59. The number of aliphatic hydroxyl groups is 1. The molecule has 0 aliphatic carbocycles. The van der Waals surface area contributed by atoms with Gasteiger partial charge in [0.2, 0.25) is 0 Å². The van der Waals surface area contributed by atoms with Gasteiger partial charge in [-0.25, -0.2) is 0 Å². The smallest absolute Gasteiger partial charge is 0.0626 e. The summed E-state index contributed by atoms with van der Waals surface area (Å²) in [7, 11) is 0. The van der Waals surface area contributed by atoms with Gasteiger partial charge in [-0.1, -0.05) is 42.5 Å².